The maximum Gasteiger partial charge on any atom is 0.108 e. The van der Waals surface area contributed by atoms with Gasteiger partial charge in [0.05, 0.1) is 25.4 Å². The number of hydrogen-bond acceptors (Lipinski definition) is 2. The van der Waals surface area contributed by atoms with Crippen LogP contribution in [-0.4, -0.2) is 42.8 Å². The van der Waals surface area contributed by atoms with Crippen molar-refractivity contribution in [2.75, 3.05) is 33.2 Å². The van der Waals surface area contributed by atoms with E-state index in [1.165, 1.54) is 0 Å². The van der Waals surface area contributed by atoms with Gasteiger partial charge in [-0.2, -0.15) is 0 Å². The lowest BCUT2D eigenvalue weighted by molar-refractivity contribution is -0.918. The molecule has 0 radical (unpaired) electrons. The van der Waals surface area contributed by atoms with E-state index in [4.69, 9.17) is 0 Å². The third kappa shape index (κ3) is 4.82. The molecule has 0 aromatic rings. The molecular weight excluding hydrogens is 212 g/mol. The quantitative estimate of drug-likeness (QED) is 0.408. The van der Waals surface area contributed by atoms with E-state index in [1.807, 2.05) is 20.0 Å². The van der Waals surface area contributed by atoms with Crippen LogP contribution in [0.3, 0.4) is 0 Å². The van der Waals surface area contributed by atoms with Crippen molar-refractivity contribution in [3.05, 3.63) is 23.1 Å². The van der Waals surface area contributed by atoms with Crippen LogP contribution in [0.2, 0.25) is 0 Å². The SMILES string of the molecule is CC[N+](CC)(CC)CC(/C=C(/C)NC)=C(/C)O. The normalized spacial score (nSPS) is 14.6. The largest absolute Gasteiger partial charge is 0.512 e. The van der Waals surface area contributed by atoms with Crippen molar-refractivity contribution >= 4 is 0 Å². The number of quaternary nitrogens is 1. The van der Waals surface area contributed by atoms with Gasteiger partial charge in [0.2, 0.25) is 0 Å². The van der Waals surface area contributed by atoms with Crippen molar-refractivity contribution in [3.8, 4) is 0 Å². The van der Waals surface area contributed by atoms with Gasteiger partial charge in [0.15, 0.2) is 0 Å². The molecule has 0 saturated heterocycles. The highest BCUT2D eigenvalue weighted by Crippen LogP contribution is 2.15. The Morgan fingerprint density at radius 2 is 1.59 bits per heavy atom. The first-order chi connectivity index (χ1) is 7.94. The number of likely N-dealkylation sites (N-methyl/N-ethyl adjacent to an activating group) is 1. The van der Waals surface area contributed by atoms with Crippen molar-refractivity contribution in [2.24, 2.45) is 0 Å². The van der Waals surface area contributed by atoms with Gasteiger partial charge in [-0.3, -0.25) is 0 Å². The molecule has 0 aromatic carbocycles. The van der Waals surface area contributed by atoms with Crippen LogP contribution >= 0.6 is 0 Å². The summed E-state index contributed by atoms with van der Waals surface area (Å²) in [5, 5.41) is 12.9. The fraction of sp³-hybridized carbons (Fsp3) is 0.714. The number of rotatable bonds is 7. The summed E-state index contributed by atoms with van der Waals surface area (Å²) < 4.78 is 1.01. The number of aliphatic hydroxyl groups excluding tert-OH is 1. The summed E-state index contributed by atoms with van der Waals surface area (Å²) in [5.41, 5.74) is 2.11. The highest BCUT2D eigenvalue weighted by molar-refractivity contribution is 5.24. The first kappa shape index (κ1) is 16.0. The molecule has 3 heteroatoms. The van der Waals surface area contributed by atoms with Crippen LogP contribution < -0.4 is 5.32 Å². The summed E-state index contributed by atoms with van der Waals surface area (Å²) in [6.45, 7) is 14.6. The van der Waals surface area contributed by atoms with Crippen molar-refractivity contribution < 1.29 is 9.59 Å². The summed E-state index contributed by atoms with van der Waals surface area (Å²) in [7, 11) is 1.90. The third-order valence-electron chi connectivity index (χ3n) is 3.77. The number of nitrogens with one attached hydrogen (secondary N) is 1. The van der Waals surface area contributed by atoms with E-state index in [9.17, 15) is 5.11 Å². The summed E-state index contributed by atoms with van der Waals surface area (Å²) in [6, 6.07) is 0. The summed E-state index contributed by atoms with van der Waals surface area (Å²) >= 11 is 0. The fourth-order valence-electron chi connectivity index (χ4n) is 1.97. The summed E-state index contributed by atoms with van der Waals surface area (Å²) in [4.78, 5) is 0. The van der Waals surface area contributed by atoms with E-state index in [0.29, 0.717) is 5.76 Å². The molecule has 0 fully saturated rings. The average Bonchev–Trinajstić information content (AvgIpc) is 2.34. The second-order valence-electron chi connectivity index (χ2n) is 4.64. The van der Waals surface area contributed by atoms with Crippen molar-refractivity contribution in [3.63, 3.8) is 0 Å². The van der Waals surface area contributed by atoms with Crippen LogP contribution in [-0.2, 0) is 0 Å². The van der Waals surface area contributed by atoms with Gasteiger partial charge in [-0.05, 0) is 40.7 Å². The average molecular weight is 241 g/mol. The molecule has 0 spiro atoms. The molecule has 0 saturated carbocycles. The Morgan fingerprint density at radius 1 is 1.12 bits per heavy atom. The van der Waals surface area contributed by atoms with Gasteiger partial charge in [-0.1, -0.05) is 0 Å². The molecule has 0 unspecified atom stereocenters. The lowest BCUT2D eigenvalue weighted by Gasteiger charge is -2.36. The Bertz CT molecular complexity index is 276. The van der Waals surface area contributed by atoms with Gasteiger partial charge in [0.1, 0.15) is 6.54 Å². The molecule has 2 N–H and O–H groups in total. The van der Waals surface area contributed by atoms with E-state index >= 15 is 0 Å². The molecule has 0 aliphatic carbocycles. The van der Waals surface area contributed by atoms with Gasteiger partial charge in [-0.15, -0.1) is 0 Å². The van der Waals surface area contributed by atoms with Crippen LogP contribution in [0.15, 0.2) is 23.1 Å². The van der Waals surface area contributed by atoms with Gasteiger partial charge >= 0.3 is 0 Å². The Balaban J connectivity index is 5.08. The second kappa shape index (κ2) is 7.38. The molecule has 0 amide bonds. The molecule has 0 rings (SSSR count). The van der Waals surface area contributed by atoms with Crippen molar-refractivity contribution in [1.82, 2.24) is 5.32 Å². The molecule has 0 aliphatic rings. The monoisotopic (exact) mass is 241 g/mol. The van der Waals surface area contributed by atoms with Crippen LogP contribution in [0.5, 0.6) is 0 Å². The van der Waals surface area contributed by atoms with E-state index in [2.05, 4.69) is 26.1 Å². The minimum absolute atomic E-state index is 0.428. The molecule has 3 nitrogen and oxygen atoms in total. The number of allylic oxidation sites excluding steroid dienone is 2. The van der Waals surface area contributed by atoms with E-state index in [0.717, 1.165) is 41.9 Å². The molecular formula is C14H29N2O+. The van der Waals surface area contributed by atoms with Gasteiger partial charge < -0.3 is 14.9 Å². The second-order valence-corrected chi connectivity index (χ2v) is 4.64. The minimum Gasteiger partial charge on any atom is -0.512 e. The Hall–Kier alpha value is -0.960. The Labute approximate surface area is 106 Å². The lowest BCUT2D eigenvalue weighted by atomic mass is 10.1. The maximum atomic E-state index is 9.80. The number of nitrogens with zero attached hydrogens (tertiary/aromatic N) is 1. The van der Waals surface area contributed by atoms with Crippen LogP contribution in [0, 0.1) is 0 Å². The smallest absolute Gasteiger partial charge is 0.108 e. The van der Waals surface area contributed by atoms with Crippen LogP contribution in [0.1, 0.15) is 34.6 Å². The predicted molar refractivity (Wildman–Crippen MR) is 74.9 cm³/mol. The first-order valence-corrected chi connectivity index (χ1v) is 6.54. The highest BCUT2D eigenvalue weighted by atomic mass is 16.3. The first-order valence-electron chi connectivity index (χ1n) is 6.54. The molecule has 17 heavy (non-hydrogen) atoms. The summed E-state index contributed by atoms with van der Waals surface area (Å²) in [6.07, 6.45) is 2.04. The number of hydrogen-bond donors (Lipinski definition) is 2. The van der Waals surface area contributed by atoms with Gasteiger partial charge in [0.25, 0.3) is 0 Å². The van der Waals surface area contributed by atoms with Crippen LogP contribution in [0.25, 0.3) is 0 Å². The van der Waals surface area contributed by atoms with Crippen molar-refractivity contribution in [1.29, 1.82) is 0 Å². The molecule has 0 aliphatic heterocycles. The zero-order valence-electron chi connectivity index (χ0n) is 12.3. The fourth-order valence-corrected chi connectivity index (χ4v) is 1.97. The summed E-state index contributed by atoms with van der Waals surface area (Å²) in [5.74, 6) is 0.428. The highest BCUT2D eigenvalue weighted by Gasteiger charge is 2.22. The topological polar surface area (TPSA) is 32.3 Å². The van der Waals surface area contributed by atoms with Crippen molar-refractivity contribution in [2.45, 2.75) is 34.6 Å². The predicted octanol–water partition coefficient (Wildman–Crippen LogP) is 2.82. The maximum absolute atomic E-state index is 9.80. The lowest BCUT2D eigenvalue weighted by Crippen LogP contribution is -2.48. The Kier molecular flexibility index (Phi) is 6.97. The Morgan fingerprint density at radius 3 is 1.88 bits per heavy atom. The third-order valence-corrected chi connectivity index (χ3v) is 3.77. The molecule has 100 valence electrons. The zero-order chi connectivity index (χ0) is 13.5. The molecule has 0 atom stereocenters. The molecule has 0 heterocycles. The number of aliphatic hydroxyl groups is 1. The van der Waals surface area contributed by atoms with E-state index in [-0.39, 0.29) is 0 Å². The van der Waals surface area contributed by atoms with Gasteiger partial charge in [0, 0.05) is 18.3 Å². The van der Waals surface area contributed by atoms with E-state index in [1.54, 1.807) is 6.92 Å². The zero-order valence-corrected chi connectivity index (χ0v) is 12.3. The molecule has 0 aromatic heterocycles. The van der Waals surface area contributed by atoms with E-state index < -0.39 is 0 Å². The van der Waals surface area contributed by atoms with Gasteiger partial charge in [-0.25, -0.2) is 0 Å². The van der Waals surface area contributed by atoms with Crippen LogP contribution in [0.4, 0.5) is 0 Å². The standard InChI is InChI=1S/C14H28N2O/c1-7-16(8-2,9-3)11-14(13(5)17)10-12(4)15-6/h10,15H,7-9,11H2,1-6H3/p+1/b12-10-,14-13-. The molecule has 0 bridgehead atoms. The minimum atomic E-state index is 0.428.